The van der Waals surface area contributed by atoms with Crippen LogP contribution in [0.2, 0.25) is 0 Å². The van der Waals surface area contributed by atoms with Gasteiger partial charge < -0.3 is 11.1 Å². The van der Waals surface area contributed by atoms with E-state index in [0.717, 1.165) is 27.5 Å². The molecule has 0 spiro atoms. The fourth-order valence-corrected chi connectivity index (χ4v) is 4.32. The normalized spacial score (nSPS) is 21.8. The van der Waals surface area contributed by atoms with Gasteiger partial charge in [-0.2, -0.15) is 11.8 Å². The summed E-state index contributed by atoms with van der Waals surface area (Å²) >= 11 is 2.09. The highest BCUT2D eigenvalue weighted by Gasteiger charge is 2.24. The quantitative estimate of drug-likeness (QED) is 0.831. The molecule has 1 fully saturated rings. The van der Waals surface area contributed by atoms with Gasteiger partial charge in [0.15, 0.2) is 0 Å². The molecule has 2 aromatic rings. The highest BCUT2D eigenvalue weighted by Crippen LogP contribution is 2.33. The zero-order chi connectivity index (χ0) is 14.8. The fourth-order valence-electron chi connectivity index (χ4n) is 3.17. The Morgan fingerprint density at radius 3 is 3.00 bits per heavy atom. The first-order valence-electron chi connectivity index (χ1n) is 7.70. The maximum Gasteiger partial charge on any atom is 0.0727 e. The van der Waals surface area contributed by atoms with Crippen molar-refractivity contribution in [3.8, 4) is 0 Å². The summed E-state index contributed by atoms with van der Waals surface area (Å²) in [4.78, 5) is 4.60. The second-order valence-corrected chi connectivity index (χ2v) is 7.40. The maximum absolute atomic E-state index is 5.94. The number of nitrogens with zero attached hydrogens (tertiary/aromatic N) is 1. The minimum atomic E-state index is 0.570. The van der Waals surface area contributed by atoms with E-state index >= 15 is 0 Å². The zero-order valence-corrected chi connectivity index (χ0v) is 13.5. The van der Waals surface area contributed by atoms with Crippen LogP contribution in [0, 0.1) is 6.92 Å². The molecule has 1 aromatic carbocycles. The average molecular weight is 301 g/mol. The first-order chi connectivity index (χ1) is 10.2. The van der Waals surface area contributed by atoms with Crippen molar-refractivity contribution in [2.45, 2.75) is 44.4 Å². The Balaban J connectivity index is 1.85. The summed E-state index contributed by atoms with van der Waals surface area (Å²) in [5, 5.41) is 5.67. The average Bonchev–Trinajstić information content (AvgIpc) is 2.87. The van der Waals surface area contributed by atoms with Gasteiger partial charge in [0.2, 0.25) is 0 Å². The second-order valence-electron chi connectivity index (χ2n) is 5.82. The van der Waals surface area contributed by atoms with E-state index in [1.165, 1.54) is 30.7 Å². The minimum Gasteiger partial charge on any atom is -0.399 e. The molecule has 1 heterocycles. The molecule has 2 unspecified atom stereocenters. The number of fused-ring (bicyclic) bond motifs is 1. The number of nitrogens with two attached hydrogens (primary N) is 1. The van der Waals surface area contributed by atoms with Crippen molar-refractivity contribution in [1.82, 2.24) is 4.98 Å². The van der Waals surface area contributed by atoms with Crippen LogP contribution in [0.5, 0.6) is 0 Å². The van der Waals surface area contributed by atoms with Crippen molar-refractivity contribution in [2.24, 2.45) is 0 Å². The van der Waals surface area contributed by atoms with Crippen molar-refractivity contribution >= 4 is 34.0 Å². The number of thioether (sulfide) groups is 1. The number of nitrogens with one attached hydrogen (secondary N) is 1. The first-order valence-corrected chi connectivity index (χ1v) is 8.75. The smallest absolute Gasteiger partial charge is 0.0727 e. The molecule has 3 nitrogen and oxygen atoms in total. The molecule has 1 saturated carbocycles. The van der Waals surface area contributed by atoms with Gasteiger partial charge in [-0.25, -0.2) is 0 Å². The Morgan fingerprint density at radius 2 is 2.19 bits per heavy atom. The summed E-state index contributed by atoms with van der Waals surface area (Å²) in [7, 11) is 0. The second kappa shape index (κ2) is 6.14. The molecule has 3 rings (SSSR count). The highest BCUT2D eigenvalue weighted by molar-refractivity contribution is 7.99. The SMILES string of the molecule is CCSC1CCC(Nc2cc(C)nc3ccc(N)cc23)C1. The molecule has 0 bridgehead atoms. The number of aryl methyl sites for hydroxylation is 1. The Hall–Kier alpha value is -1.42. The number of nitrogen functional groups attached to an aromatic ring is 1. The molecule has 4 heteroatoms. The number of aromatic nitrogens is 1. The standard InChI is InChI=1S/C17H23N3S/c1-3-21-14-6-5-13(10-14)20-17-8-11(2)19-16-7-4-12(18)9-15(16)17/h4,7-9,13-14H,3,5-6,10,18H2,1-2H3,(H,19,20). The molecular formula is C17H23N3S. The van der Waals surface area contributed by atoms with E-state index in [4.69, 9.17) is 5.73 Å². The Morgan fingerprint density at radius 1 is 1.33 bits per heavy atom. The lowest BCUT2D eigenvalue weighted by atomic mass is 10.1. The van der Waals surface area contributed by atoms with Crippen molar-refractivity contribution in [3.05, 3.63) is 30.0 Å². The van der Waals surface area contributed by atoms with Crippen molar-refractivity contribution in [1.29, 1.82) is 0 Å². The van der Waals surface area contributed by atoms with Crippen LogP contribution in [0.15, 0.2) is 24.3 Å². The maximum atomic E-state index is 5.94. The minimum absolute atomic E-state index is 0.570. The van der Waals surface area contributed by atoms with Gasteiger partial charge in [0, 0.05) is 33.7 Å². The first kappa shape index (κ1) is 14.5. The third-order valence-corrected chi connectivity index (χ3v) is 5.34. The number of hydrogen-bond acceptors (Lipinski definition) is 4. The molecule has 1 aliphatic carbocycles. The van der Waals surface area contributed by atoms with Crippen LogP contribution in [-0.4, -0.2) is 22.0 Å². The number of rotatable bonds is 4. The van der Waals surface area contributed by atoms with Gasteiger partial charge in [0.25, 0.3) is 0 Å². The molecule has 112 valence electrons. The van der Waals surface area contributed by atoms with Gasteiger partial charge in [-0.15, -0.1) is 0 Å². The largest absolute Gasteiger partial charge is 0.399 e. The van der Waals surface area contributed by atoms with Crippen LogP contribution in [0.25, 0.3) is 10.9 Å². The van der Waals surface area contributed by atoms with Gasteiger partial charge in [0.1, 0.15) is 0 Å². The van der Waals surface area contributed by atoms with Crippen LogP contribution in [0.3, 0.4) is 0 Å². The van der Waals surface area contributed by atoms with Gasteiger partial charge in [-0.05, 0) is 56.2 Å². The van der Waals surface area contributed by atoms with E-state index in [1.54, 1.807) is 0 Å². The van der Waals surface area contributed by atoms with E-state index in [2.05, 4.69) is 35.1 Å². The predicted octanol–water partition coefficient (Wildman–Crippen LogP) is 4.21. The predicted molar refractivity (Wildman–Crippen MR) is 94.1 cm³/mol. The van der Waals surface area contributed by atoms with E-state index in [9.17, 15) is 0 Å². The summed E-state index contributed by atoms with van der Waals surface area (Å²) in [5.41, 5.74) is 9.98. The number of benzene rings is 1. The van der Waals surface area contributed by atoms with Crippen molar-refractivity contribution in [2.75, 3.05) is 16.8 Å². The summed E-state index contributed by atoms with van der Waals surface area (Å²) in [6.07, 6.45) is 3.83. The zero-order valence-electron chi connectivity index (χ0n) is 12.7. The molecule has 3 N–H and O–H groups in total. The lowest BCUT2D eigenvalue weighted by Crippen LogP contribution is -2.16. The van der Waals surface area contributed by atoms with E-state index in [-0.39, 0.29) is 0 Å². The Labute approximate surface area is 130 Å². The lowest BCUT2D eigenvalue weighted by Gasteiger charge is -2.17. The molecule has 0 amide bonds. The van der Waals surface area contributed by atoms with Crippen LogP contribution in [0.4, 0.5) is 11.4 Å². The van der Waals surface area contributed by atoms with Gasteiger partial charge in [-0.1, -0.05) is 6.92 Å². The summed E-state index contributed by atoms with van der Waals surface area (Å²) < 4.78 is 0. The van der Waals surface area contributed by atoms with Crippen molar-refractivity contribution in [3.63, 3.8) is 0 Å². The van der Waals surface area contributed by atoms with Crippen molar-refractivity contribution < 1.29 is 0 Å². The van der Waals surface area contributed by atoms with Gasteiger partial charge in [0.05, 0.1) is 5.52 Å². The molecule has 0 saturated heterocycles. The molecule has 0 radical (unpaired) electrons. The van der Waals surface area contributed by atoms with Gasteiger partial charge in [-0.3, -0.25) is 4.98 Å². The Kier molecular flexibility index (Phi) is 4.24. The molecule has 1 aliphatic rings. The molecule has 0 aliphatic heterocycles. The van der Waals surface area contributed by atoms with E-state index < -0.39 is 0 Å². The number of pyridine rings is 1. The summed E-state index contributed by atoms with van der Waals surface area (Å²) in [6, 6.07) is 8.66. The Bertz CT molecular complexity index is 641. The van der Waals surface area contributed by atoms with Crippen LogP contribution in [0.1, 0.15) is 31.9 Å². The van der Waals surface area contributed by atoms with E-state index in [1.807, 2.05) is 25.1 Å². The molecule has 2 atom stereocenters. The third kappa shape index (κ3) is 3.26. The fraction of sp³-hybridized carbons (Fsp3) is 0.471. The van der Waals surface area contributed by atoms with Crippen LogP contribution >= 0.6 is 11.8 Å². The monoisotopic (exact) mass is 301 g/mol. The number of hydrogen-bond donors (Lipinski definition) is 2. The highest BCUT2D eigenvalue weighted by atomic mass is 32.2. The lowest BCUT2D eigenvalue weighted by molar-refractivity contribution is 0.758. The van der Waals surface area contributed by atoms with E-state index in [0.29, 0.717) is 6.04 Å². The van der Waals surface area contributed by atoms with Gasteiger partial charge >= 0.3 is 0 Å². The molecule has 21 heavy (non-hydrogen) atoms. The van der Waals surface area contributed by atoms with Crippen LogP contribution < -0.4 is 11.1 Å². The third-order valence-electron chi connectivity index (χ3n) is 4.11. The van der Waals surface area contributed by atoms with Crippen LogP contribution in [-0.2, 0) is 0 Å². The summed E-state index contributed by atoms with van der Waals surface area (Å²) in [6.45, 7) is 4.29. The number of anilines is 2. The topological polar surface area (TPSA) is 50.9 Å². The molecular weight excluding hydrogens is 278 g/mol. The summed E-state index contributed by atoms with van der Waals surface area (Å²) in [5.74, 6) is 1.21. The molecule has 1 aromatic heterocycles.